The molecule has 0 aliphatic heterocycles. The molecular weight excluding hydrogens is 305 g/mol. The molecule has 1 aromatic heterocycles. The average Bonchev–Trinajstić information content (AvgIpc) is 2.92. The third-order valence-electron chi connectivity index (χ3n) is 3.80. The van der Waals surface area contributed by atoms with E-state index < -0.39 is 5.91 Å². The zero-order chi connectivity index (χ0) is 17.1. The van der Waals surface area contributed by atoms with Crippen molar-refractivity contribution < 1.29 is 9.18 Å². The fraction of sp³-hybridized carbons (Fsp3) is 0.0526. The van der Waals surface area contributed by atoms with Crippen LogP contribution in [0.15, 0.2) is 60.3 Å². The second kappa shape index (κ2) is 6.39. The van der Waals surface area contributed by atoms with Gasteiger partial charge in [-0.05, 0) is 18.2 Å². The molecule has 2 N–H and O–H groups in total. The number of amides is 1. The van der Waals surface area contributed by atoms with Crippen molar-refractivity contribution in [3.05, 3.63) is 77.2 Å². The van der Waals surface area contributed by atoms with Gasteiger partial charge in [0.05, 0.1) is 6.54 Å². The van der Waals surface area contributed by atoms with Crippen LogP contribution < -0.4 is 5.73 Å². The van der Waals surface area contributed by atoms with Gasteiger partial charge < -0.3 is 10.3 Å². The Morgan fingerprint density at radius 2 is 1.92 bits per heavy atom. The Morgan fingerprint density at radius 1 is 1.21 bits per heavy atom. The molecule has 3 aromatic rings. The van der Waals surface area contributed by atoms with Crippen LogP contribution in [0.1, 0.15) is 11.1 Å². The summed E-state index contributed by atoms with van der Waals surface area (Å²) in [5.41, 5.74) is 7.22. The topological polar surface area (TPSA) is 71.8 Å². The van der Waals surface area contributed by atoms with Crippen molar-refractivity contribution in [2.75, 3.05) is 0 Å². The van der Waals surface area contributed by atoms with Gasteiger partial charge in [0.1, 0.15) is 17.5 Å². The van der Waals surface area contributed by atoms with Crippen molar-refractivity contribution in [1.82, 2.24) is 4.57 Å². The number of para-hydroxylation sites is 1. The highest BCUT2D eigenvalue weighted by molar-refractivity contribution is 6.03. The fourth-order valence-corrected chi connectivity index (χ4v) is 2.65. The number of hydrogen-bond donors (Lipinski definition) is 1. The Balaban J connectivity index is 2.12. The summed E-state index contributed by atoms with van der Waals surface area (Å²) >= 11 is 0. The normalized spacial score (nSPS) is 11.4. The van der Waals surface area contributed by atoms with Crippen LogP contribution in [-0.4, -0.2) is 10.5 Å². The van der Waals surface area contributed by atoms with E-state index in [1.165, 1.54) is 12.1 Å². The minimum Gasteiger partial charge on any atom is -0.365 e. The van der Waals surface area contributed by atoms with Gasteiger partial charge >= 0.3 is 0 Å². The lowest BCUT2D eigenvalue weighted by Crippen LogP contribution is -2.12. The molecule has 1 heterocycles. The van der Waals surface area contributed by atoms with E-state index in [9.17, 15) is 9.18 Å². The molecule has 0 unspecified atom stereocenters. The second-order valence-electron chi connectivity index (χ2n) is 5.35. The number of benzene rings is 2. The minimum absolute atomic E-state index is 0.121. The molecule has 0 aliphatic carbocycles. The van der Waals surface area contributed by atoms with Gasteiger partial charge in [-0.3, -0.25) is 4.79 Å². The van der Waals surface area contributed by atoms with Gasteiger partial charge in [0.15, 0.2) is 0 Å². The molecule has 0 saturated heterocycles. The fourth-order valence-electron chi connectivity index (χ4n) is 2.65. The van der Waals surface area contributed by atoms with E-state index in [0.717, 1.165) is 10.9 Å². The lowest BCUT2D eigenvalue weighted by Gasteiger charge is -2.06. The summed E-state index contributed by atoms with van der Waals surface area (Å²) < 4.78 is 15.8. The summed E-state index contributed by atoms with van der Waals surface area (Å²) in [5, 5.41) is 9.90. The molecule has 0 aliphatic rings. The Bertz CT molecular complexity index is 995. The van der Waals surface area contributed by atoms with Crippen molar-refractivity contribution in [1.29, 1.82) is 5.26 Å². The quantitative estimate of drug-likeness (QED) is 0.592. The monoisotopic (exact) mass is 319 g/mol. The van der Waals surface area contributed by atoms with Crippen LogP contribution in [0.5, 0.6) is 0 Å². The number of nitrogens with zero attached hydrogens (tertiary/aromatic N) is 2. The summed E-state index contributed by atoms with van der Waals surface area (Å²) in [6.07, 6.45) is 3.25. The molecule has 2 aromatic carbocycles. The summed E-state index contributed by atoms with van der Waals surface area (Å²) in [6, 6.07) is 15.9. The number of fused-ring (bicyclic) bond motifs is 1. The van der Waals surface area contributed by atoms with Crippen LogP contribution >= 0.6 is 0 Å². The zero-order valence-corrected chi connectivity index (χ0v) is 12.7. The van der Waals surface area contributed by atoms with Crippen molar-refractivity contribution >= 4 is 22.9 Å². The molecule has 5 heteroatoms. The molecule has 0 saturated carbocycles. The number of aromatic nitrogens is 1. The SMILES string of the molecule is N#CC(=Cc1cn(Cc2ccccc2F)c2ccccc12)C(N)=O. The third-order valence-corrected chi connectivity index (χ3v) is 3.80. The van der Waals surface area contributed by atoms with Crippen LogP contribution in [0.2, 0.25) is 0 Å². The zero-order valence-electron chi connectivity index (χ0n) is 12.7. The Hall–Kier alpha value is -3.39. The number of primary amides is 1. The lowest BCUT2D eigenvalue weighted by atomic mass is 10.1. The lowest BCUT2D eigenvalue weighted by molar-refractivity contribution is -0.114. The van der Waals surface area contributed by atoms with Crippen LogP contribution in [0, 0.1) is 17.1 Å². The van der Waals surface area contributed by atoms with E-state index in [1.807, 2.05) is 28.8 Å². The molecule has 24 heavy (non-hydrogen) atoms. The van der Waals surface area contributed by atoms with E-state index >= 15 is 0 Å². The maximum absolute atomic E-state index is 13.9. The second-order valence-corrected chi connectivity index (χ2v) is 5.35. The summed E-state index contributed by atoms with van der Waals surface area (Å²) in [6.45, 7) is 0.347. The van der Waals surface area contributed by atoms with Gasteiger partial charge in [-0.25, -0.2) is 4.39 Å². The molecule has 0 spiro atoms. The van der Waals surface area contributed by atoms with Crippen molar-refractivity contribution in [3.63, 3.8) is 0 Å². The number of carbonyl (C=O) groups excluding carboxylic acids is 1. The minimum atomic E-state index is -0.775. The van der Waals surface area contributed by atoms with E-state index in [1.54, 1.807) is 30.5 Å². The first-order valence-electron chi connectivity index (χ1n) is 7.33. The molecule has 4 nitrogen and oxygen atoms in total. The number of carbonyl (C=O) groups is 1. The molecule has 3 rings (SSSR count). The molecule has 0 fully saturated rings. The number of hydrogen-bond acceptors (Lipinski definition) is 2. The first-order valence-corrected chi connectivity index (χ1v) is 7.33. The van der Waals surface area contributed by atoms with E-state index in [0.29, 0.717) is 17.7 Å². The summed E-state index contributed by atoms with van der Waals surface area (Å²) in [7, 11) is 0. The van der Waals surface area contributed by atoms with Gasteiger partial charge in [0.2, 0.25) is 0 Å². The van der Waals surface area contributed by atoms with Crippen molar-refractivity contribution in [2.24, 2.45) is 5.73 Å². The van der Waals surface area contributed by atoms with Gasteiger partial charge in [0, 0.05) is 28.2 Å². The smallest absolute Gasteiger partial charge is 0.259 e. The highest BCUT2D eigenvalue weighted by Gasteiger charge is 2.11. The maximum Gasteiger partial charge on any atom is 0.259 e. The summed E-state index contributed by atoms with van der Waals surface area (Å²) in [4.78, 5) is 11.3. The summed E-state index contributed by atoms with van der Waals surface area (Å²) in [5.74, 6) is -1.05. The Kier molecular flexibility index (Phi) is 4.13. The average molecular weight is 319 g/mol. The largest absolute Gasteiger partial charge is 0.365 e. The van der Waals surface area contributed by atoms with E-state index in [2.05, 4.69) is 0 Å². The maximum atomic E-state index is 13.9. The number of nitrogens with two attached hydrogens (primary N) is 1. The molecular formula is C19H14FN3O. The number of nitriles is 1. The first-order chi connectivity index (χ1) is 11.6. The van der Waals surface area contributed by atoms with Crippen LogP contribution in [0.4, 0.5) is 4.39 Å². The number of halogens is 1. The van der Waals surface area contributed by atoms with E-state index in [4.69, 9.17) is 11.0 Å². The predicted molar refractivity (Wildman–Crippen MR) is 90.2 cm³/mol. The van der Waals surface area contributed by atoms with Crippen LogP contribution in [0.3, 0.4) is 0 Å². The molecule has 0 radical (unpaired) electrons. The Morgan fingerprint density at radius 3 is 2.62 bits per heavy atom. The van der Waals surface area contributed by atoms with Crippen LogP contribution in [0.25, 0.3) is 17.0 Å². The standard InChI is InChI=1S/C19H14FN3O/c20-17-7-3-1-5-13(17)11-23-12-15(9-14(10-21)19(22)24)16-6-2-4-8-18(16)23/h1-9,12H,11H2,(H2,22,24). The van der Waals surface area contributed by atoms with Gasteiger partial charge in [-0.15, -0.1) is 0 Å². The molecule has 118 valence electrons. The van der Waals surface area contributed by atoms with Crippen molar-refractivity contribution in [2.45, 2.75) is 6.54 Å². The van der Waals surface area contributed by atoms with Crippen molar-refractivity contribution in [3.8, 4) is 6.07 Å². The van der Waals surface area contributed by atoms with Gasteiger partial charge in [-0.2, -0.15) is 5.26 Å². The third kappa shape index (κ3) is 2.90. The highest BCUT2D eigenvalue weighted by Crippen LogP contribution is 2.25. The molecule has 1 amide bonds. The number of rotatable bonds is 4. The van der Waals surface area contributed by atoms with Gasteiger partial charge in [0.25, 0.3) is 5.91 Å². The van der Waals surface area contributed by atoms with E-state index in [-0.39, 0.29) is 11.4 Å². The van der Waals surface area contributed by atoms with Crippen LogP contribution in [-0.2, 0) is 11.3 Å². The van der Waals surface area contributed by atoms with Gasteiger partial charge in [-0.1, -0.05) is 36.4 Å². The highest BCUT2D eigenvalue weighted by atomic mass is 19.1. The molecule has 0 bridgehead atoms. The molecule has 0 atom stereocenters. The predicted octanol–water partition coefficient (Wildman–Crippen LogP) is 3.22. The first kappa shape index (κ1) is 15.5. The Labute approximate surface area is 138 Å².